The van der Waals surface area contributed by atoms with Crippen molar-refractivity contribution in [3.63, 3.8) is 0 Å². The SMILES string of the molecule is C=C1N(CCCC)C2CCC3CCCCC3C2C1(C)C. The van der Waals surface area contributed by atoms with E-state index in [0.717, 1.165) is 23.8 Å². The number of allylic oxidation sites excluding steroid dienone is 1. The molecule has 1 heteroatoms. The second-order valence-corrected chi connectivity index (χ2v) is 8.09. The second kappa shape index (κ2) is 5.39. The fraction of sp³-hybridized carbons (Fsp3) is 0.895. The van der Waals surface area contributed by atoms with Gasteiger partial charge in [-0.3, -0.25) is 0 Å². The lowest BCUT2D eigenvalue weighted by Gasteiger charge is -2.47. The average molecular weight is 275 g/mol. The molecule has 0 bridgehead atoms. The van der Waals surface area contributed by atoms with Crippen molar-refractivity contribution in [3.05, 3.63) is 12.3 Å². The summed E-state index contributed by atoms with van der Waals surface area (Å²) in [6, 6.07) is 0.809. The highest BCUT2D eigenvalue weighted by Gasteiger charge is 2.55. The molecule has 0 aromatic rings. The summed E-state index contributed by atoms with van der Waals surface area (Å²) < 4.78 is 0. The molecule has 0 aromatic heterocycles. The molecule has 1 saturated heterocycles. The van der Waals surface area contributed by atoms with Crippen LogP contribution in [0.1, 0.15) is 72.1 Å². The Hall–Kier alpha value is -0.460. The molecule has 0 spiro atoms. The third-order valence-corrected chi connectivity index (χ3v) is 6.75. The highest BCUT2D eigenvalue weighted by Crippen LogP contribution is 2.58. The van der Waals surface area contributed by atoms with Gasteiger partial charge in [-0.1, -0.05) is 53.0 Å². The standard InChI is InChI=1S/C19H33N/c1-5-6-13-20-14(2)19(3,4)18-16-10-8-7-9-15(16)11-12-17(18)20/h15-18H,2,5-13H2,1,3-4H3. The molecule has 4 atom stereocenters. The summed E-state index contributed by atoms with van der Waals surface area (Å²) in [4.78, 5) is 2.72. The van der Waals surface area contributed by atoms with Crippen LogP contribution in [0.15, 0.2) is 12.3 Å². The van der Waals surface area contributed by atoms with E-state index in [9.17, 15) is 0 Å². The normalized spacial score (nSPS) is 39.5. The molecule has 2 aliphatic carbocycles. The van der Waals surface area contributed by atoms with E-state index in [0.29, 0.717) is 5.41 Å². The Morgan fingerprint density at radius 3 is 2.65 bits per heavy atom. The number of unbranched alkanes of at least 4 members (excludes halogenated alkanes) is 1. The van der Waals surface area contributed by atoms with E-state index in [-0.39, 0.29) is 0 Å². The van der Waals surface area contributed by atoms with Crippen molar-refractivity contribution in [2.24, 2.45) is 23.2 Å². The molecule has 0 N–H and O–H groups in total. The minimum absolute atomic E-state index is 0.332. The Bertz CT molecular complexity index is 370. The van der Waals surface area contributed by atoms with E-state index < -0.39 is 0 Å². The molecule has 1 nitrogen and oxygen atoms in total. The van der Waals surface area contributed by atoms with Crippen LogP contribution in [0.4, 0.5) is 0 Å². The van der Waals surface area contributed by atoms with Crippen LogP contribution in [-0.2, 0) is 0 Å². The second-order valence-electron chi connectivity index (χ2n) is 8.09. The van der Waals surface area contributed by atoms with Gasteiger partial charge in [0.05, 0.1) is 0 Å². The molecule has 3 aliphatic rings. The lowest BCUT2D eigenvalue weighted by atomic mass is 9.58. The van der Waals surface area contributed by atoms with E-state index in [1.807, 2.05) is 0 Å². The average Bonchev–Trinajstić information content (AvgIpc) is 2.65. The number of fused-ring (bicyclic) bond motifs is 3. The van der Waals surface area contributed by atoms with Crippen molar-refractivity contribution < 1.29 is 0 Å². The molecule has 3 fully saturated rings. The molecule has 114 valence electrons. The smallest absolute Gasteiger partial charge is 0.0326 e. The zero-order chi connectivity index (χ0) is 14.3. The topological polar surface area (TPSA) is 3.24 Å². The van der Waals surface area contributed by atoms with Gasteiger partial charge in [-0.25, -0.2) is 0 Å². The van der Waals surface area contributed by atoms with Gasteiger partial charge in [0.2, 0.25) is 0 Å². The Kier molecular flexibility index (Phi) is 3.90. The highest BCUT2D eigenvalue weighted by molar-refractivity contribution is 5.21. The lowest BCUT2D eigenvalue weighted by Crippen LogP contribution is -2.45. The van der Waals surface area contributed by atoms with Crippen molar-refractivity contribution in [3.8, 4) is 0 Å². The molecular weight excluding hydrogens is 242 g/mol. The van der Waals surface area contributed by atoms with Gasteiger partial charge >= 0.3 is 0 Å². The van der Waals surface area contributed by atoms with Crippen molar-refractivity contribution in [1.29, 1.82) is 0 Å². The van der Waals surface area contributed by atoms with Gasteiger partial charge in [0.1, 0.15) is 0 Å². The van der Waals surface area contributed by atoms with E-state index >= 15 is 0 Å². The minimum atomic E-state index is 0.332. The summed E-state index contributed by atoms with van der Waals surface area (Å²) in [6.07, 6.45) is 11.5. The number of hydrogen-bond acceptors (Lipinski definition) is 1. The summed E-state index contributed by atoms with van der Waals surface area (Å²) in [5.74, 6) is 2.90. The van der Waals surface area contributed by atoms with Crippen LogP contribution in [0, 0.1) is 23.2 Å². The van der Waals surface area contributed by atoms with E-state index in [1.165, 1.54) is 63.6 Å². The van der Waals surface area contributed by atoms with Crippen LogP contribution < -0.4 is 0 Å². The fourth-order valence-electron chi connectivity index (χ4n) is 5.68. The first-order valence-corrected chi connectivity index (χ1v) is 9.03. The first kappa shape index (κ1) is 14.5. The van der Waals surface area contributed by atoms with Crippen LogP contribution in [0.5, 0.6) is 0 Å². The Labute approximate surface area is 125 Å². The summed E-state index contributed by atoms with van der Waals surface area (Å²) in [5, 5.41) is 0. The van der Waals surface area contributed by atoms with Gasteiger partial charge in [0.15, 0.2) is 0 Å². The third-order valence-electron chi connectivity index (χ3n) is 6.75. The van der Waals surface area contributed by atoms with Crippen molar-refractivity contribution in [2.45, 2.75) is 78.2 Å². The molecule has 1 aliphatic heterocycles. The number of likely N-dealkylation sites (tertiary alicyclic amines) is 1. The first-order valence-electron chi connectivity index (χ1n) is 9.03. The highest BCUT2D eigenvalue weighted by atomic mass is 15.2. The van der Waals surface area contributed by atoms with Crippen molar-refractivity contribution in [2.75, 3.05) is 6.54 Å². The van der Waals surface area contributed by atoms with E-state index in [4.69, 9.17) is 0 Å². The molecular formula is C19H33N. The van der Waals surface area contributed by atoms with Crippen LogP contribution >= 0.6 is 0 Å². The molecule has 4 unspecified atom stereocenters. The van der Waals surface area contributed by atoms with Crippen LogP contribution in [-0.4, -0.2) is 17.5 Å². The predicted octanol–water partition coefficient (Wildman–Crippen LogP) is 5.23. The Morgan fingerprint density at radius 1 is 1.15 bits per heavy atom. The number of hydrogen-bond donors (Lipinski definition) is 0. The fourth-order valence-corrected chi connectivity index (χ4v) is 5.68. The molecule has 0 amide bonds. The summed E-state index contributed by atoms with van der Waals surface area (Å²) >= 11 is 0. The third kappa shape index (κ3) is 2.12. The van der Waals surface area contributed by atoms with Gasteiger partial charge in [0, 0.05) is 23.7 Å². The molecule has 0 aromatic carbocycles. The first-order chi connectivity index (χ1) is 9.57. The number of rotatable bonds is 3. The van der Waals surface area contributed by atoms with Crippen LogP contribution in [0.3, 0.4) is 0 Å². The van der Waals surface area contributed by atoms with Gasteiger partial charge in [0.25, 0.3) is 0 Å². The van der Waals surface area contributed by atoms with Gasteiger partial charge in [-0.15, -0.1) is 0 Å². The quantitative estimate of drug-likeness (QED) is 0.682. The maximum Gasteiger partial charge on any atom is 0.0326 e. The Balaban J connectivity index is 1.86. The zero-order valence-corrected chi connectivity index (χ0v) is 13.8. The van der Waals surface area contributed by atoms with E-state index in [2.05, 4.69) is 32.3 Å². The molecule has 20 heavy (non-hydrogen) atoms. The van der Waals surface area contributed by atoms with Gasteiger partial charge < -0.3 is 4.90 Å². The van der Waals surface area contributed by atoms with Crippen molar-refractivity contribution >= 4 is 0 Å². The largest absolute Gasteiger partial charge is 0.372 e. The van der Waals surface area contributed by atoms with Crippen LogP contribution in [0.25, 0.3) is 0 Å². The summed E-state index contributed by atoms with van der Waals surface area (Å²) in [5.41, 5.74) is 1.78. The summed E-state index contributed by atoms with van der Waals surface area (Å²) in [7, 11) is 0. The van der Waals surface area contributed by atoms with Crippen LogP contribution in [0.2, 0.25) is 0 Å². The maximum atomic E-state index is 4.53. The zero-order valence-electron chi connectivity index (χ0n) is 13.8. The van der Waals surface area contributed by atoms with Gasteiger partial charge in [-0.2, -0.15) is 0 Å². The predicted molar refractivity (Wildman–Crippen MR) is 86.5 cm³/mol. The summed E-state index contributed by atoms with van der Waals surface area (Å²) in [6.45, 7) is 13.0. The maximum absolute atomic E-state index is 4.53. The van der Waals surface area contributed by atoms with Gasteiger partial charge in [-0.05, 0) is 43.4 Å². The monoisotopic (exact) mass is 275 g/mol. The Morgan fingerprint density at radius 2 is 1.90 bits per heavy atom. The lowest BCUT2D eigenvalue weighted by molar-refractivity contribution is 0.0292. The minimum Gasteiger partial charge on any atom is -0.372 e. The van der Waals surface area contributed by atoms with Crippen molar-refractivity contribution in [1.82, 2.24) is 4.90 Å². The molecule has 0 radical (unpaired) electrons. The molecule has 1 heterocycles. The molecule has 2 saturated carbocycles. The molecule has 3 rings (SSSR count). The van der Waals surface area contributed by atoms with E-state index in [1.54, 1.807) is 0 Å². The number of nitrogens with zero attached hydrogens (tertiary/aromatic N) is 1.